The number of rotatable bonds is 7. The Kier molecular flexibility index (Phi) is 5.69. The molecule has 1 heterocycles. The number of hydrogen-bond donors (Lipinski definition) is 2. The maximum atomic E-state index is 12.2. The zero-order valence-corrected chi connectivity index (χ0v) is 12.2. The fraction of sp³-hybridized carbons (Fsp3) is 0.615. The van der Waals surface area contributed by atoms with E-state index in [4.69, 9.17) is 4.74 Å². The van der Waals surface area contributed by atoms with Crippen LogP contribution in [0.1, 0.15) is 31.9 Å². The Morgan fingerprint density at radius 1 is 1.55 bits per heavy atom. The predicted molar refractivity (Wildman–Crippen MR) is 72.0 cm³/mol. The molecule has 0 saturated carbocycles. The smallest absolute Gasteiger partial charge is 0.326 e. The Balaban J connectivity index is 2.83. The number of carbonyl (C=O) groups is 2. The zero-order chi connectivity index (χ0) is 15.3. The van der Waals surface area contributed by atoms with Crippen molar-refractivity contribution in [3.8, 4) is 0 Å². The van der Waals surface area contributed by atoms with Gasteiger partial charge in [-0.2, -0.15) is 5.10 Å². The van der Waals surface area contributed by atoms with Gasteiger partial charge in [0, 0.05) is 25.9 Å². The van der Waals surface area contributed by atoms with E-state index in [-0.39, 0.29) is 5.92 Å². The van der Waals surface area contributed by atoms with Crippen LogP contribution in [0.25, 0.3) is 0 Å². The molecule has 1 aromatic rings. The van der Waals surface area contributed by atoms with Crippen molar-refractivity contribution < 1.29 is 19.4 Å². The summed E-state index contributed by atoms with van der Waals surface area (Å²) in [5, 5.41) is 15.7. The van der Waals surface area contributed by atoms with Gasteiger partial charge in [0.05, 0.1) is 6.20 Å². The number of methoxy groups -OCH3 is 1. The lowest BCUT2D eigenvalue weighted by Crippen LogP contribution is -2.47. The van der Waals surface area contributed by atoms with Crippen molar-refractivity contribution in [2.45, 2.75) is 32.4 Å². The largest absolute Gasteiger partial charge is 0.480 e. The van der Waals surface area contributed by atoms with Gasteiger partial charge in [-0.15, -0.1) is 0 Å². The summed E-state index contributed by atoms with van der Waals surface area (Å²) >= 11 is 0. The molecule has 1 rings (SSSR count). The van der Waals surface area contributed by atoms with E-state index in [2.05, 4.69) is 10.4 Å². The molecule has 0 spiro atoms. The minimum Gasteiger partial charge on any atom is -0.480 e. The molecule has 1 unspecified atom stereocenters. The van der Waals surface area contributed by atoms with Gasteiger partial charge < -0.3 is 15.2 Å². The molecule has 0 aliphatic carbocycles. The molecule has 20 heavy (non-hydrogen) atoms. The number of aromatic nitrogens is 2. The van der Waals surface area contributed by atoms with Crippen molar-refractivity contribution in [2.24, 2.45) is 13.0 Å². The van der Waals surface area contributed by atoms with Gasteiger partial charge in [0.15, 0.2) is 6.10 Å². The first kappa shape index (κ1) is 16.2. The molecule has 112 valence electrons. The van der Waals surface area contributed by atoms with Gasteiger partial charge >= 0.3 is 5.97 Å². The fourth-order valence-electron chi connectivity index (χ4n) is 1.88. The number of carbonyl (C=O) groups excluding carboxylic acids is 1. The molecule has 0 bridgehead atoms. The lowest BCUT2D eigenvalue weighted by Gasteiger charge is -2.22. The third kappa shape index (κ3) is 3.80. The summed E-state index contributed by atoms with van der Waals surface area (Å²) in [7, 11) is 3.13. The molecule has 0 aliphatic rings. The molecule has 2 N–H and O–H groups in total. The maximum absolute atomic E-state index is 12.2. The van der Waals surface area contributed by atoms with Crippen LogP contribution in [0, 0.1) is 5.92 Å². The summed E-state index contributed by atoms with van der Waals surface area (Å²) in [5.41, 5.74) is 0.584. The Labute approximate surface area is 117 Å². The fourth-order valence-corrected chi connectivity index (χ4v) is 1.88. The highest BCUT2D eigenvalue weighted by atomic mass is 16.5. The first-order chi connectivity index (χ1) is 9.40. The molecule has 7 heteroatoms. The van der Waals surface area contributed by atoms with E-state index >= 15 is 0 Å². The Hall–Kier alpha value is -1.89. The average Bonchev–Trinajstić information content (AvgIpc) is 2.82. The van der Waals surface area contributed by atoms with Gasteiger partial charge in [-0.3, -0.25) is 9.48 Å². The molecular weight excluding hydrogens is 262 g/mol. The summed E-state index contributed by atoms with van der Waals surface area (Å²) in [6, 6.07) is -0.929. The van der Waals surface area contributed by atoms with Gasteiger partial charge in [0.1, 0.15) is 6.04 Å². The number of aryl methyl sites for hydroxylation is 1. The van der Waals surface area contributed by atoms with E-state index in [0.29, 0.717) is 12.0 Å². The maximum Gasteiger partial charge on any atom is 0.326 e. The molecule has 3 atom stereocenters. The van der Waals surface area contributed by atoms with E-state index in [1.54, 1.807) is 24.9 Å². The third-order valence-electron chi connectivity index (χ3n) is 3.28. The number of hydrogen-bond acceptors (Lipinski definition) is 4. The Bertz CT molecular complexity index is 472. The van der Waals surface area contributed by atoms with Gasteiger partial charge in [0.2, 0.25) is 0 Å². The van der Waals surface area contributed by atoms with E-state index in [1.807, 2.05) is 6.92 Å². The van der Waals surface area contributed by atoms with Crippen molar-refractivity contribution in [2.75, 3.05) is 7.11 Å². The minimum atomic E-state index is -1.05. The molecule has 0 aliphatic heterocycles. The summed E-state index contributed by atoms with van der Waals surface area (Å²) in [5.74, 6) is -1.69. The summed E-state index contributed by atoms with van der Waals surface area (Å²) in [4.78, 5) is 23.4. The quantitative estimate of drug-likeness (QED) is 0.769. The number of carboxylic acids is 1. The van der Waals surface area contributed by atoms with Crippen molar-refractivity contribution >= 4 is 11.9 Å². The van der Waals surface area contributed by atoms with Crippen LogP contribution in [0.3, 0.4) is 0 Å². The average molecular weight is 283 g/mol. The number of aliphatic carboxylic acids is 1. The first-order valence-corrected chi connectivity index (χ1v) is 6.45. The van der Waals surface area contributed by atoms with Gasteiger partial charge in [-0.1, -0.05) is 20.3 Å². The van der Waals surface area contributed by atoms with Crippen LogP contribution in [0.5, 0.6) is 0 Å². The van der Waals surface area contributed by atoms with Crippen LogP contribution in [0.4, 0.5) is 0 Å². The van der Waals surface area contributed by atoms with Crippen molar-refractivity contribution in [3.05, 3.63) is 18.0 Å². The van der Waals surface area contributed by atoms with Crippen molar-refractivity contribution in [1.29, 1.82) is 0 Å². The Morgan fingerprint density at radius 2 is 2.20 bits per heavy atom. The topological polar surface area (TPSA) is 93.5 Å². The molecule has 1 amide bonds. The lowest BCUT2D eigenvalue weighted by molar-refractivity contribution is -0.145. The number of amides is 1. The minimum absolute atomic E-state index is 0.164. The second kappa shape index (κ2) is 7.04. The summed E-state index contributed by atoms with van der Waals surface area (Å²) in [6.07, 6.45) is 2.97. The van der Waals surface area contributed by atoms with Crippen LogP contribution in [-0.2, 0) is 21.4 Å². The zero-order valence-electron chi connectivity index (χ0n) is 12.2. The second-order valence-electron chi connectivity index (χ2n) is 4.77. The molecule has 1 aromatic heterocycles. The highest BCUT2D eigenvalue weighted by Crippen LogP contribution is 2.17. The lowest BCUT2D eigenvalue weighted by atomic mass is 9.99. The van der Waals surface area contributed by atoms with E-state index in [1.165, 1.54) is 13.3 Å². The van der Waals surface area contributed by atoms with E-state index < -0.39 is 24.0 Å². The van der Waals surface area contributed by atoms with Gasteiger partial charge in [-0.05, 0) is 5.92 Å². The van der Waals surface area contributed by atoms with Gasteiger partial charge in [0.25, 0.3) is 5.91 Å². The number of carboxylic acid groups (broad SMARTS) is 1. The highest BCUT2D eigenvalue weighted by Gasteiger charge is 2.29. The molecular formula is C13H21N3O4. The van der Waals surface area contributed by atoms with Crippen LogP contribution in [0.15, 0.2) is 12.4 Å². The molecule has 0 saturated heterocycles. The number of nitrogens with zero attached hydrogens (tertiary/aromatic N) is 2. The normalized spacial score (nSPS) is 15.4. The SMILES string of the molecule is CC[C@H](C)[C@H](NC(=O)C(OC)c1cnn(C)c1)C(=O)O. The van der Waals surface area contributed by atoms with E-state index in [9.17, 15) is 14.7 Å². The first-order valence-electron chi connectivity index (χ1n) is 6.45. The molecule has 0 radical (unpaired) electrons. The summed E-state index contributed by atoms with van der Waals surface area (Å²) < 4.78 is 6.70. The second-order valence-corrected chi connectivity index (χ2v) is 4.77. The molecule has 0 fully saturated rings. The number of nitrogens with one attached hydrogen (secondary N) is 1. The predicted octanol–water partition coefficient (Wildman–Crippen LogP) is 0.723. The standard InChI is InChI=1S/C13H21N3O4/c1-5-8(2)10(13(18)19)15-12(17)11(20-4)9-6-14-16(3)7-9/h6-8,10-11H,5H2,1-4H3,(H,15,17)(H,18,19)/t8-,10-,11?/m0/s1. The van der Waals surface area contributed by atoms with Crippen molar-refractivity contribution in [3.63, 3.8) is 0 Å². The van der Waals surface area contributed by atoms with Crippen molar-refractivity contribution in [1.82, 2.24) is 15.1 Å². The highest BCUT2D eigenvalue weighted by molar-refractivity contribution is 5.87. The summed E-state index contributed by atoms with van der Waals surface area (Å²) in [6.45, 7) is 3.66. The molecule has 7 nitrogen and oxygen atoms in total. The van der Waals surface area contributed by atoms with Crippen LogP contribution < -0.4 is 5.32 Å². The number of ether oxygens (including phenoxy) is 1. The van der Waals surface area contributed by atoms with Gasteiger partial charge in [-0.25, -0.2) is 4.79 Å². The van der Waals surface area contributed by atoms with Crippen LogP contribution >= 0.6 is 0 Å². The van der Waals surface area contributed by atoms with E-state index in [0.717, 1.165) is 0 Å². The van der Waals surface area contributed by atoms with Crippen LogP contribution in [0.2, 0.25) is 0 Å². The Morgan fingerprint density at radius 3 is 2.60 bits per heavy atom. The third-order valence-corrected chi connectivity index (χ3v) is 3.28. The van der Waals surface area contributed by atoms with Crippen LogP contribution in [-0.4, -0.2) is 39.9 Å². The molecule has 0 aromatic carbocycles. The monoisotopic (exact) mass is 283 g/mol.